The first-order valence-corrected chi connectivity index (χ1v) is 8.35. The molecule has 1 rings (SSSR count). The SMILES string of the molecule is CCCCCC(C)(C)CN1CCC(=O)NC(C(C)C)C1=O. The number of nitrogens with zero attached hydrogens (tertiary/aromatic N) is 1. The Kier molecular flexibility index (Phi) is 6.69. The van der Waals surface area contributed by atoms with Crippen LogP contribution in [-0.2, 0) is 9.59 Å². The van der Waals surface area contributed by atoms with E-state index in [9.17, 15) is 9.59 Å². The number of carbonyl (C=O) groups excluding carboxylic acids is 2. The van der Waals surface area contributed by atoms with Gasteiger partial charge in [-0.3, -0.25) is 9.59 Å². The molecule has 1 aliphatic rings. The maximum atomic E-state index is 12.7. The van der Waals surface area contributed by atoms with Gasteiger partial charge in [-0.2, -0.15) is 0 Å². The minimum atomic E-state index is -0.369. The Bertz CT molecular complexity index is 364. The van der Waals surface area contributed by atoms with Gasteiger partial charge in [0, 0.05) is 19.5 Å². The third kappa shape index (κ3) is 5.68. The van der Waals surface area contributed by atoms with Crippen LogP contribution in [0.5, 0.6) is 0 Å². The van der Waals surface area contributed by atoms with Crippen LogP contribution < -0.4 is 5.32 Å². The van der Waals surface area contributed by atoms with Crippen molar-refractivity contribution < 1.29 is 9.59 Å². The van der Waals surface area contributed by atoms with Gasteiger partial charge in [-0.25, -0.2) is 0 Å². The number of nitrogens with one attached hydrogen (secondary N) is 1. The van der Waals surface area contributed by atoms with Crippen molar-refractivity contribution in [2.24, 2.45) is 11.3 Å². The van der Waals surface area contributed by atoms with E-state index in [1.807, 2.05) is 18.7 Å². The van der Waals surface area contributed by atoms with Gasteiger partial charge in [0.25, 0.3) is 0 Å². The second kappa shape index (κ2) is 7.81. The Hall–Kier alpha value is -1.06. The number of carbonyl (C=O) groups is 2. The first kappa shape index (κ1) is 18.0. The molecule has 0 aromatic heterocycles. The number of hydrogen-bond donors (Lipinski definition) is 1. The van der Waals surface area contributed by atoms with Gasteiger partial charge in [-0.05, 0) is 17.8 Å². The molecule has 4 heteroatoms. The summed E-state index contributed by atoms with van der Waals surface area (Å²) in [5.41, 5.74) is 0.111. The number of rotatable bonds is 7. The van der Waals surface area contributed by atoms with Gasteiger partial charge in [0.1, 0.15) is 6.04 Å². The molecule has 0 bridgehead atoms. The molecule has 0 spiro atoms. The van der Waals surface area contributed by atoms with Gasteiger partial charge in [0.05, 0.1) is 0 Å². The summed E-state index contributed by atoms with van der Waals surface area (Å²) in [4.78, 5) is 26.3. The molecule has 1 unspecified atom stereocenters. The number of hydrogen-bond acceptors (Lipinski definition) is 2. The molecule has 1 saturated heterocycles. The largest absolute Gasteiger partial charge is 0.344 e. The Balaban J connectivity index is 2.70. The van der Waals surface area contributed by atoms with Crippen molar-refractivity contribution >= 4 is 11.8 Å². The summed E-state index contributed by atoms with van der Waals surface area (Å²) in [6, 6.07) is -0.369. The Labute approximate surface area is 129 Å². The van der Waals surface area contributed by atoms with Crippen LogP contribution in [0.3, 0.4) is 0 Å². The fourth-order valence-electron chi connectivity index (χ4n) is 2.91. The third-order valence-corrected chi connectivity index (χ3v) is 4.25. The zero-order valence-corrected chi connectivity index (χ0v) is 14.4. The van der Waals surface area contributed by atoms with E-state index < -0.39 is 0 Å². The van der Waals surface area contributed by atoms with Crippen molar-refractivity contribution in [3.05, 3.63) is 0 Å². The highest BCUT2D eigenvalue weighted by Gasteiger charge is 2.34. The summed E-state index contributed by atoms with van der Waals surface area (Å²) in [6.07, 6.45) is 5.20. The van der Waals surface area contributed by atoms with E-state index in [0.717, 1.165) is 13.0 Å². The molecule has 0 radical (unpaired) electrons. The van der Waals surface area contributed by atoms with Gasteiger partial charge in [-0.1, -0.05) is 53.9 Å². The fraction of sp³-hybridized carbons (Fsp3) is 0.882. The molecule has 1 N–H and O–H groups in total. The summed E-state index contributed by atoms with van der Waals surface area (Å²) in [5, 5.41) is 2.87. The summed E-state index contributed by atoms with van der Waals surface area (Å²) in [7, 11) is 0. The molecule has 1 heterocycles. The van der Waals surface area contributed by atoms with E-state index in [0.29, 0.717) is 13.0 Å². The van der Waals surface area contributed by atoms with Crippen molar-refractivity contribution in [2.45, 2.75) is 72.8 Å². The minimum Gasteiger partial charge on any atom is -0.344 e. The van der Waals surface area contributed by atoms with Crippen molar-refractivity contribution in [2.75, 3.05) is 13.1 Å². The van der Waals surface area contributed by atoms with E-state index in [2.05, 4.69) is 26.1 Å². The molecule has 1 fully saturated rings. The van der Waals surface area contributed by atoms with Crippen LogP contribution >= 0.6 is 0 Å². The van der Waals surface area contributed by atoms with Crippen molar-refractivity contribution in [3.63, 3.8) is 0 Å². The first-order chi connectivity index (χ1) is 9.76. The molecular formula is C17H32N2O2. The Morgan fingerprint density at radius 1 is 1.29 bits per heavy atom. The van der Waals surface area contributed by atoms with Gasteiger partial charge < -0.3 is 10.2 Å². The van der Waals surface area contributed by atoms with Crippen LogP contribution in [0, 0.1) is 11.3 Å². The molecule has 4 nitrogen and oxygen atoms in total. The molecule has 2 amide bonds. The predicted octanol–water partition coefficient (Wildman–Crippen LogP) is 2.97. The highest BCUT2D eigenvalue weighted by atomic mass is 16.2. The average molecular weight is 296 g/mol. The van der Waals surface area contributed by atoms with Gasteiger partial charge in [0.2, 0.25) is 11.8 Å². The van der Waals surface area contributed by atoms with Crippen molar-refractivity contribution in [1.82, 2.24) is 10.2 Å². The van der Waals surface area contributed by atoms with Crippen LogP contribution in [0.15, 0.2) is 0 Å². The summed E-state index contributed by atoms with van der Waals surface area (Å²) in [6.45, 7) is 11.9. The van der Waals surface area contributed by atoms with Crippen molar-refractivity contribution in [3.8, 4) is 0 Å². The maximum Gasteiger partial charge on any atom is 0.245 e. The monoisotopic (exact) mass is 296 g/mol. The highest BCUT2D eigenvalue weighted by Crippen LogP contribution is 2.26. The summed E-state index contributed by atoms with van der Waals surface area (Å²) >= 11 is 0. The van der Waals surface area contributed by atoms with Crippen LogP contribution in [0.25, 0.3) is 0 Å². The van der Waals surface area contributed by atoms with Crippen LogP contribution in [0.4, 0.5) is 0 Å². The van der Waals surface area contributed by atoms with Crippen LogP contribution in [0.2, 0.25) is 0 Å². The molecule has 21 heavy (non-hydrogen) atoms. The molecule has 0 aromatic rings. The summed E-state index contributed by atoms with van der Waals surface area (Å²) in [5.74, 6) is 0.206. The fourth-order valence-corrected chi connectivity index (χ4v) is 2.91. The Morgan fingerprint density at radius 2 is 1.95 bits per heavy atom. The lowest BCUT2D eigenvalue weighted by Gasteiger charge is -2.34. The zero-order chi connectivity index (χ0) is 16.0. The highest BCUT2D eigenvalue weighted by molar-refractivity contribution is 5.90. The topological polar surface area (TPSA) is 49.4 Å². The second-order valence-electron chi connectivity index (χ2n) is 7.42. The predicted molar refractivity (Wildman–Crippen MR) is 85.9 cm³/mol. The molecule has 0 saturated carbocycles. The van der Waals surface area contributed by atoms with Crippen LogP contribution in [0.1, 0.15) is 66.7 Å². The van der Waals surface area contributed by atoms with E-state index in [4.69, 9.17) is 0 Å². The minimum absolute atomic E-state index is 0.00617. The normalized spacial score (nSPS) is 20.7. The molecule has 1 atom stereocenters. The molecule has 1 aliphatic heterocycles. The average Bonchev–Trinajstić information content (AvgIpc) is 2.52. The summed E-state index contributed by atoms with van der Waals surface area (Å²) < 4.78 is 0. The smallest absolute Gasteiger partial charge is 0.245 e. The lowest BCUT2D eigenvalue weighted by Crippen LogP contribution is -2.49. The zero-order valence-electron chi connectivity index (χ0n) is 14.4. The number of amides is 2. The van der Waals surface area contributed by atoms with E-state index in [1.54, 1.807) is 0 Å². The molecule has 0 aliphatic carbocycles. The molecular weight excluding hydrogens is 264 g/mol. The van der Waals surface area contributed by atoms with Gasteiger partial charge >= 0.3 is 0 Å². The molecule has 122 valence electrons. The second-order valence-corrected chi connectivity index (χ2v) is 7.42. The van der Waals surface area contributed by atoms with Gasteiger partial charge in [0.15, 0.2) is 0 Å². The number of unbranched alkanes of at least 4 members (excludes halogenated alkanes) is 2. The van der Waals surface area contributed by atoms with Crippen molar-refractivity contribution in [1.29, 1.82) is 0 Å². The van der Waals surface area contributed by atoms with E-state index in [1.165, 1.54) is 19.3 Å². The first-order valence-electron chi connectivity index (χ1n) is 8.35. The Morgan fingerprint density at radius 3 is 2.52 bits per heavy atom. The maximum absolute atomic E-state index is 12.7. The lowest BCUT2D eigenvalue weighted by molar-refractivity contribution is -0.136. The quantitative estimate of drug-likeness (QED) is 0.734. The van der Waals surface area contributed by atoms with E-state index >= 15 is 0 Å². The van der Waals surface area contributed by atoms with E-state index in [-0.39, 0.29) is 29.2 Å². The van der Waals surface area contributed by atoms with Crippen LogP contribution in [-0.4, -0.2) is 35.8 Å². The lowest BCUT2D eigenvalue weighted by atomic mass is 9.86. The van der Waals surface area contributed by atoms with Gasteiger partial charge in [-0.15, -0.1) is 0 Å². The standard InChI is InChI=1S/C17H32N2O2/c1-6-7-8-10-17(4,5)12-19-11-9-14(20)18-15(13(2)3)16(19)21/h13,15H,6-12H2,1-5H3,(H,18,20). The molecule has 0 aromatic carbocycles. The third-order valence-electron chi connectivity index (χ3n) is 4.25.